The third-order valence-electron chi connectivity index (χ3n) is 2.97. The topological polar surface area (TPSA) is 77.8 Å². The van der Waals surface area contributed by atoms with Crippen molar-refractivity contribution in [3.63, 3.8) is 0 Å². The van der Waals surface area contributed by atoms with Crippen LogP contribution in [0, 0.1) is 11.6 Å². The number of carboxylic acids is 1. The minimum Gasteiger partial charge on any atom is -0.478 e. The van der Waals surface area contributed by atoms with Crippen LogP contribution in [0.4, 0.5) is 8.78 Å². The Kier molecular flexibility index (Phi) is 3.48. The molecule has 0 aromatic heterocycles. The first-order chi connectivity index (χ1) is 8.90. The molecule has 102 valence electrons. The summed E-state index contributed by atoms with van der Waals surface area (Å²) >= 11 is 0. The van der Waals surface area contributed by atoms with E-state index in [4.69, 9.17) is 5.11 Å². The van der Waals surface area contributed by atoms with Crippen molar-refractivity contribution >= 4 is 11.9 Å². The maximum Gasteiger partial charge on any atom is 0.336 e. The van der Waals surface area contributed by atoms with Gasteiger partial charge in [-0.1, -0.05) is 0 Å². The predicted octanol–water partition coefficient (Wildman–Crippen LogP) is 0.870. The molecule has 1 fully saturated rings. The zero-order chi connectivity index (χ0) is 14.2. The molecule has 19 heavy (non-hydrogen) atoms. The molecule has 0 saturated carbocycles. The van der Waals surface area contributed by atoms with Gasteiger partial charge in [0, 0.05) is 13.1 Å². The van der Waals surface area contributed by atoms with Crippen molar-refractivity contribution in [2.75, 3.05) is 13.1 Å². The van der Waals surface area contributed by atoms with Crippen molar-refractivity contribution in [3.8, 4) is 0 Å². The van der Waals surface area contributed by atoms with Crippen LogP contribution in [0.15, 0.2) is 12.1 Å². The van der Waals surface area contributed by atoms with E-state index < -0.39 is 40.7 Å². The predicted molar refractivity (Wildman–Crippen MR) is 59.8 cm³/mol. The molecule has 0 aliphatic carbocycles. The van der Waals surface area contributed by atoms with Crippen LogP contribution in [0.2, 0.25) is 0 Å². The molecule has 2 N–H and O–H groups in total. The van der Waals surface area contributed by atoms with Crippen LogP contribution in [-0.2, 0) is 0 Å². The number of likely N-dealkylation sites (tertiary alicyclic amines) is 1. The average molecular weight is 271 g/mol. The SMILES string of the molecule is O=C(O)c1cc(F)c(F)cc1C(=O)N1CC[C@@H](O)C1. The maximum atomic E-state index is 13.2. The second kappa shape index (κ2) is 4.93. The molecule has 1 aromatic carbocycles. The first-order valence-corrected chi connectivity index (χ1v) is 5.60. The van der Waals surface area contributed by atoms with Gasteiger partial charge in [-0.05, 0) is 18.6 Å². The lowest BCUT2D eigenvalue weighted by Crippen LogP contribution is -2.31. The highest BCUT2D eigenvalue weighted by molar-refractivity contribution is 6.04. The zero-order valence-corrected chi connectivity index (χ0v) is 9.77. The monoisotopic (exact) mass is 271 g/mol. The Labute approximate surface area is 107 Å². The Morgan fingerprint density at radius 2 is 1.79 bits per heavy atom. The van der Waals surface area contributed by atoms with E-state index in [0.717, 1.165) is 0 Å². The molecular weight excluding hydrogens is 260 g/mol. The highest BCUT2D eigenvalue weighted by Crippen LogP contribution is 2.20. The molecule has 7 heteroatoms. The van der Waals surface area contributed by atoms with Gasteiger partial charge in [-0.2, -0.15) is 0 Å². The number of aromatic carboxylic acids is 1. The summed E-state index contributed by atoms with van der Waals surface area (Å²) in [5.41, 5.74) is -1.01. The molecule has 2 rings (SSSR count). The fourth-order valence-corrected chi connectivity index (χ4v) is 2.00. The number of benzene rings is 1. The molecule has 0 bridgehead atoms. The molecule has 0 unspecified atom stereocenters. The van der Waals surface area contributed by atoms with Crippen molar-refractivity contribution in [1.82, 2.24) is 4.90 Å². The minimum atomic E-state index is -1.51. The van der Waals surface area contributed by atoms with Crippen LogP contribution in [0.5, 0.6) is 0 Å². The number of β-amino-alcohol motifs (C(OH)–C–C–N with tert-alkyl or cyclic N) is 1. The molecule has 1 saturated heterocycles. The van der Waals surface area contributed by atoms with Crippen LogP contribution in [0.3, 0.4) is 0 Å². The minimum absolute atomic E-state index is 0.0525. The number of carbonyl (C=O) groups excluding carboxylic acids is 1. The van der Waals surface area contributed by atoms with Gasteiger partial charge in [-0.15, -0.1) is 0 Å². The Morgan fingerprint density at radius 3 is 2.26 bits per heavy atom. The number of aliphatic hydroxyl groups is 1. The molecule has 1 atom stereocenters. The van der Waals surface area contributed by atoms with Crippen molar-refractivity contribution in [2.45, 2.75) is 12.5 Å². The van der Waals surface area contributed by atoms with E-state index in [-0.39, 0.29) is 13.1 Å². The van der Waals surface area contributed by atoms with E-state index >= 15 is 0 Å². The summed E-state index contributed by atoms with van der Waals surface area (Å²) in [6.45, 7) is 0.301. The van der Waals surface area contributed by atoms with Gasteiger partial charge in [-0.3, -0.25) is 4.79 Å². The normalized spacial score (nSPS) is 18.7. The number of aliphatic hydroxyl groups excluding tert-OH is 1. The molecule has 1 heterocycles. The van der Waals surface area contributed by atoms with E-state index in [1.807, 2.05) is 0 Å². The molecule has 0 spiro atoms. The largest absolute Gasteiger partial charge is 0.478 e. The summed E-state index contributed by atoms with van der Waals surface area (Å²) in [5.74, 6) is -4.85. The molecular formula is C12H11F2NO4. The molecule has 1 amide bonds. The third-order valence-corrected chi connectivity index (χ3v) is 2.97. The Hall–Kier alpha value is -2.02. The van der Waals surface area contributed by atoms with Crippen LogP contribution in [-0.4, -0.2) is 46.2 Å². The summed E-state index contributed by atoms with van der Waals surface area (Å²) in [6, 6.07) is 1.06. The highest BCUT2D eigenvalue weighted by atomic mass is 19.2. The van der Waals surface area contributed by atoms with Gasteiger partial charge in [0.05, 0.1) is 17.2 Å². The zero-order valence-electron chi connectivity index (χ0n) is 9.77. The maximum absolute atomic E-state index is 13.2. The van der Waals surface area contributed by atoms with E-state index in [9.17, 15) is 23.5 Å². The van der Waals surface area contributed by atoms with Gasteiger partial charge < -0.3 is 15.1 Å². The van der Waals surface area contributed by atoms with Crippen molar-refractivity contribution in [1.29, 1.82) is 0 Å². The van der Waals surface area contributed by atoms with Crippen molar-refractivity contribution in [2.24, 2.45) is 0 Å². The smallest absolute Gasteiger partial charge is 0.336 e. The van der Waals surface area contributed by atoms with Gasteiger partial charge in [0.2, 0.25) is 0 Å². The highest BCUT2D eigenvalue weighted by Gasteiger charge is 2.29. The van der Waals surface area contributed by atoms with Crippen LogP contribution in [0.25, 0.3) is 0 Å². The lowest BCUT2D eigenvalue weighted by Gasteiger charge is -2.17. The van der Waals surface area contributed by atoms with Gasteiger partial charge in [0.1, 0.15) is 0 Å². The lowest BCUT2D eigenvalue weighted by molar-refractivity contribution is 0.0677. The van der Waals surface area contributed by atoms with Gasteiger partial charge in [0.25, 0.3) is 5.91 Å². The number of carboxylic acid groups (broad SMARTS) is 1. The number of rotatable bonds is 2. The molecule has 0 radical (unpaired) electrons. The number of carbonyl (C=O) groups is 2. The molecule has 1 aromatic rings. The standard InChI is InChI=1S/C12H11F2NO4/c13-9-3-7(8(12(18)19)4-10(9)14)11(17)15-2-1-6(16)5-15/h3-4,6,16H,1-2,5H2,(H,18,19)/t6-/m1/s1. The van der Waals surface area contributed by atoms with E-state index in [1.54, 1.807) is 0 Å². The Balaban J connectivity index is 2.40. The first kappa shape index (κ1) is 13.4. The van der Waals surface area contributed by atoms with Crippen LogP contribution >= 0.6 is 0 Å². The average Bonchev–Trinajstić information content (AvgIpc) is 2.77. The Bertz CT molecular complexity index is 547. The summed E-state index contributed by atoms with van der Waals surface area (Å²) < 4.78 is 26.2. The summed E-state index contributed by atoms with van der Waals surface area (Å²) in [6.07, 6.45) is -0.305. The van der Waals surface area contributed by atoms with Crippen molar-refractivity contribution < 1.29 is 28.6 Å². The lowest BCUT2D eigenvalue weighted by atomic mass is 10.1. The molecule has 1 aliphatic rings. The van der Waals surface area contributed by atoms with E-state index in [1.165, 1.54) is 4.90 Å². The first-order valence-electron chi connectivity index (χ1n) is 5.60. The number of nitrogens with zero attached hydrogens (tertiary/aromatic N) is 1. The van der Waals surface area contributed by atoms with Crippen LogP contribution in [0.1, 0.15) is 27.1 Å². The van der Waals surface area contributed by atoms with Crippen LogP contribution < -0.4 is 0 Å². The second-order valence-corrected chi connectivity index (χ2v) is 4.31. The number of hydrogen-bond acceptors (Lipinski definition) is 3. The van der Waals surface area contributed by atoms with Gasteiger partial charge in [-0.25, -0.2) is 13.6 Å². The van der Waals surface area contributed by atoms with Gasteiger partial charge in [0.15, 0.2) is 11.6 Å². The quantitative estimate of drug-likeness (QED) is 0.836. The fraction of sp³-hybridized carbons (Fsp3) is 0.333. The van der Waals surface area contributed by atoms with E-state index in [2.05, 4.69) is 0 Å². The summed E-state index contributed by atoms with van der Waals surface area (Å²) in [4.78, 5) is 24.2. The number of hydrogen-bond donors (Lipinski definition) is 2. The number of halogens is 2. The van der Waals surface area contributed by atoms with E-state index in [0.29, 0.717) is 18.6 Å². The number of amides is 1. The third kappa shape index (κ3) is 2.55. The molecule has 5 nitrogen and oxygen atoms in total. The van der Waals surface area contributed by atoms with Gasteiger partial charge >= 0.3 is 5.97 Å². The molecule has 1 aliphatic heterocycles. The second-order valence-electron chi connectivity index (χ2n) is 4.31. The summed E-state index contributed by atoms with van der Waals surface area (Å²) in [7, 11) is 0. The Morgan fingerprint density at radius 1 is 1.21 bits per heavy atom. The van der Waals surface area contributed by atoms with Crippen molar-refractivity contribution in [3.05, 3.63) is 34.9 Å². The fourth-order valence-electron chi connectivity index (χ4n) is 2.00. The summed E-state index contributed by atoms with van der Waals surface area (Å²) in [5, 5.41) is 18.2.